The predicted molar refractivity (Wildman–Crippen MR) is 124 cm³/mol. The molecule has 0 bridgehead atoms. The van der Waals surface area contributed by atoms with Crippen LogP contribution in [0.4, 0.5) is 11.4 Å². The summed E-state index contributed by atoms with van der Waals surface area (Å²) in [6.07, 6.45) is 1.30. The molecule has 0 radical (unpaired) electrons. The lowest BCUT2D eigenvalue weighted by molar-refractivity contribution is 0.0996. The number of nitrogens with one attached hydrogen (secondary N) is 1. The molecule has 0 fully saturated rings. The number of hydrogen-bond acceptors (Lipinski definition) is 2. The maximum absolute atomic E-state index is 12.7. The first-order valence-electron chi connectivity index (χ1n) is 10.3. The third-order valence-electron chi connectivity index (χ3n) is 5.73. The van der Waals surface area contributed by atoms with Gasteiger partial charge in [-0.25, -0.2) is 4.99 Å². The van der Waals surface area contributed by atoms with Crippen LogP contribution in [0, 0.1) is 6.92 Å². The van der Waals surface area contributed by atoms with E-state index in [1.165, 1.54) is 0 Å². The number of ketones is 1. The molecule has 4 aromatic carbocycles. The minimum Gasteiger partial charge on any atom is -0.340 e. The number of Topliss-reactive ketones (excluding diaryl/α,β-unsaturated/α-hetero) is 1. The molecule has 4 aromatic rings. The Balaban J connectivity index is 1.75. The van der Waals surface area contributed by atoms with Crippen molar-refractivity contribution in [2.75, 3.05) is 5.32 Å². The molecule has 1 aliphatic rings. The van der Waals surface area contributed by atoms with Gasteiger partial charge in [0.1, 0.15) is 5.84 Å². The Bertz CT molecular complexity index is 1270. The summed E-state index contributed by atoms with van der Waals surface area (Å²) < 4.78 is 0. The molecular formula is C27H22N2O. The average molecular weight is 390 g/mol. The van der Waals surface area contributed by atoms with Gasteiger partial charge < -0.3 is 5.32 Å². The Kier molecular flexibility index (Phi) is 4.64. The van der Waals surface area contributed by atoms with E-state index in [0.29, 0.717) is 6.42 Å². The van der Waals surface area contributed by atoms with Crippen molar-refractivity contribution in [3.8, 4) is 0 Å². The number of anilines is 1. The summed E-state index contributed by atoms with van der Waals surface area (Å²) in [7, 11) is 0. The van der Waals surface area contributed by atoms with E-state index in [1.54, 1.807) is 0 Å². The number of para-hydroxylation sites is 1. The van der Waals surface area contributed by atoms with Crippen LogP contribution in [0.5, 0.6) is 0 Å². The third-order valence-corrected chi connectivity index (χ3v) is 5.73. The van der Waals surface area contributed by atoms with E-state index in [2.05, 4.69) is 36.5 Å². The minimum absolute atomic E-state index is 0.218. The van der Waals surface area contributed by atoms with Gasteiger partial charge in [-0.2, -0.15) is 0 Å². The molecule has 0 amide bonds. The number of benzene rings is 4. The zero-order valence-electron chi connectivity index (χ0n) is 16.9. The summed E-state index contributed by atoms with van der Waals surface area (Å²) >= 11 is 0. The Hall–Kier alpha value is -3.72. The van der Waals surface area contributed by atoms with Gasteiger partial charge in [0.15, 0.2) is 5.78 Å². The topological polar surface area (TPSA) is 41.5 Å². The van der Waals surface area contributed by atoms with Crippen LogP contribution in [-0.2, 0) is 6.42 Å². The molecule has 0 aliphatic heterocycles. The van der Waals surface area contributed by atoms with Gasteiger partial charge in [0.25, 0.3) is 0 Å². The fourth-order valence-electron chi connectivity index (χ4n) is 4.27. The lowest BCUT2D eigenvalue weighted by atomic mass is 9.94. The molecule has 0 heterocycles. The van der Waals surface area contributed by atoms with Crippen LogP contribution >= 0.6 is 0 Å². The molecule has 1 aliphatic carbocycles. The number of fused-ring (bicyclic) bond motifs is 3. The number of nitrogens with zero attached hydrogens (tertiary/aromatic N) is 1. The SMILES string of the molecule is Cc1c(N=C(Nc2ccccc2)c2ccccc2)c2c(c3ccccc13)C(=O)CC2. The summed E-state index contributed by atoms with van der Waals surface area (Å²) in [6, 6.07) is 28.4. The number of hydrogen-bond donors (Lipinski definition) is 1. The lowest BCUT2D eigenvalue weighted by Gasteiger charge is -2.16. The van der Waals surface area contributed by atoms with E-state index in [9.17, 15) is 4.79 Å². The van der Waals surface area contributed by atoms with E-state index in [1.807, 2.05) is 60.7 Å². The molecule has 1 N–H and O–H groups in total. The number of aryl methyl sites for hydroxylation is 1. The highest BCUT2D eigenvalue weighted by Crippen LogP contribution is 2.40. The molecule has 3 nitrogen and oxygen atoms in total. The maximum atomic E-state index is 12.7. The fraction of sp³-hybridized carbons (Fsp3) is 0.111. The lowest BCUT2D eigenvalue weighted by Crippen LogP contribution is -2.13. The summed E-state index contributed by atoms with van der Waals surface area (Å²) in [6.45, 7) is 2.11. The summed E-state index contributed by atoms with van der Waals surface area (Å²) in [5, 5.41) is 5.63. The molecule has 0 unspecified atom stereocenters. The Labute approximate surface area is 176 Å². The highest BCUT2D eigenvalue weighted by Gasteiger charge is 2.27. The standard InChI is InChI=1S/C27H22N2O/c1-18-21-14-8-9-15-22(21)25-23(16-17-24(25)30)26(18)29-27(19-10-4-2-5-11-19)28-20-12-6-3-7-13-20/h2-15H,16-17H2,1H3,(H,28,29). The Morgan fingerprint density at radius 2 is 1.43 bits per heavy atom. The first kappa shape index (κ1) is 18.3. The van der Waals surface area contributed by atoms with Crippen LogP contribution < -0.4 is 5.32 Å². The molecule has 146 valence electrons. The van der Waals surface area contributed by atoms with Gasteiger partial charge in [0.2, 0.25) is 0 Å². The van der Waals surface area contributed by atoms with Crippen LogP contribution in [0.3, 0.4) is 0 Å². The Morgan fingerprint density at radius 1 is 0.800 bits per heavy atom. The maximum Gasteiger partial charge on any atom is 0.164 e. The molecule has 0 aromatic heterocycles. The monoisotopic (exact) mass is 390 g/mol. The first-order chi connectivity index (χ1) is 14.7. The van der Waals surface area contributed by atoms with Gasteiger partial charge in [-0.05, 0) is 47.4 Å². The zero-order valence-corrected chi connectivity index (χ0v) is 16.9. The second-order valence-corrected chi connectivity index (χ2v) is 7.61. The van der Waals surface area contributed by atoms with Gasteiger partial charge in [0.05, 0.1) is 5.69 Å². The molecule has 0 atom stereocenters. The van der Waals surface area contributed by atoms with E-state index >= 15 is 0 Å². The first-order valence-corrected chi connectivity index (χ1v) is 10.3. The second kappa shape index (κ2) is 7.60. The Morgan fingerprint density at radius 3 is 2.17 bits per heavy atom. The highest BCUT2D eigenvalue weighted by atomic mass is 16.1. The molecule has 0 spiro atoms. The quantitative estimate of drug-likeness (QED) is 0.322. The number of carbonyl (C=O) groups excluding carboxylic acids is 1. The molecular weight excluding hydrogens is 368 g/mol. The summed E-state index contributed by atoms with van der Waals surface area (Å²) in [4.78, 5) is 17.9. The third kappa shape index (κ3) is 3.18. The van der Waals surface area contributed by atoms with Gasteiger partial charge in [-0.1, -0.05) is 72.8 Å². The van der Waals surface area contributed by atoms with Crippen molar-refractivity contribution in [2.45, 2.75) is 19.8 Å². The van der Waals surface area contributed by atoms with Crippen LogP contribution in [0.2, 0.25) is 0 Å². The minimum atomic E-state index is 0.218. The average Bonchev–Trinajstić information content (AvgIpc) is 3.18. The predicted octanol–water partition coefficient (Wildman–Crippen LogP) is 6.47. The van der Waals surface area contributed by atoms with Crippen LogP contribution in [-0.4, -0.2) is 11.6 Å². The largest absolute Gasteiger partial charge is 0.340 e. The van der Waals surface area contributed by atoms with Crippen molar-refractivity contribution in [1.82, 2.24) is 0 Å². The summed E-state index contributed by atoms with van der Waals surface area (Å²) in [5.74, 6) is 0.997. The van der Waals surface area contributed by atoms with Crippen LogP contribution in [0.15, 0.2) is 89.9 Å². The van der Waals surface area contributed by atoms with Crippen molar-refractivity contribution >= 4 is 33.8 Å². The highest BCUT2D eigenvalue weighted by molar-refractivity contribution is 6.16. The van der Waals surface area contributed by atoms with Crippen LogP contribution in [0.25, 0.3) is 10.8 Å². The summed E-state index contributed by atoms with van der Waals surface area (Å²) in [5.41, 5.74) is 5.93. The van der Waals surface area contributed by atoms with Gasteiger partial charge in [-0.3, -0.25) is 4.79 Å². The smallest absolute Gasteiger partial charge is 0.164 e. The van der Waals surface area contributed by atoms with Gasteiger partial charge in [-0.15, -0.1) is 0 Å². The number of aliphatic imine (C=N–C) groups is 1. The van der Waals surface area contributed by atoms with Crippen molar-refractivity contribution in [1.29, 1.82) is 0 Å². The van der Waals surface area contributed by atoms with Crippen molar-refractivity contribution in [3.05, 3.63) is 107 Å². The van der Waals surface area contributed by atoms with E-state index in [4.69, 9.17) is 4.99 Å². The molecule has 0 saturated carbocycles. The molecule has 30 heavy (non-hydrogen) atoms. The van der Waals surface area contributed by atoms with Crippen LogP contribution in [0.1, 0.15) is 33.5 Å². The number of amidine groups is 1. The molecule has 0 saturated heterocycles. The van der Waals surface area contributed by atoms with E-state index < -0.39 is 0 Å². The van der Waals surface area contributed by atoms with Crippen molar-refractivity contribution in [2.24, 2.45) is 4.99 Å². The van der Waals surface area contributed by atoms with E-state index in [-0.39, 0.29) is 5.78 Å². The van der Waals surface area contributed by atoms with E-state index in [0.717, 1.165) is 56.7 Å². The number of carbonyl (C=O) groups is 1. The zero-order chi connectivity index (χ0) is 20.5. The molecule has 3 heteroatoms. The normalized spacial score (nSPS) is 13.5. The van der Waals surface area contributed by atoms with Crippen molar-refractivity contribution in [3.63, 3.8) is 0 Å². The second-order valence-electron chi connectivity index (χ2n) is 7.61. The number of rotatable bonds is 3. The van der Waals surface area contributed by atoms with Crippen molar-refractivity contribution < 1.29 is 4.79 Å². The fourth-order valence-corrected chi connectivity index (χ4v) is 4.27. The van der Waals surface area contributed by atoms with Gasteiger partial charge in [0, 0.05) is 23.2 Å². The van der Waals surface area contributed by atoms with Gasteiger partial charge >= 0.3 is 0 Å². The molecule has 5 rings (SSSR count).